The summed E-state index contributed by atoms with van der Waals surface area (Å²) < 4.78 is 5.50. The molecule has 0 aliphatic heterocycles. The van der Waals surface area contributed by atoms with Crippen molar-refractivity contribution in [2.45, 2.75) is 58.9 Å². The first-order valence-electron chi connectivity index (χ1n) is 13.3. The van der Waals surface area contributed by atoms with E-state index in [4.69, 9.17) is 4.74 Å². The van der Waals surface area contributed by atoms with E-state index in [9.17, 15) is 24.6 Å². The summed E-state index contributed by atoms with van der Waals surface area (Å²) >= 11 is 0. The number of aliphatic hydroxyl groups excluding tert-OH is 1. The lowest BCUT2D eigenvalue weighted by atomic mass is 9.75. The molecule has 0 unspecified atom stereocenters. The van der Waals surface area contributed by atoms with Gasteiger partial charge in [0.05, 0.1) is 12.1 Å². The second-order valence-corrected chi connectivity index (χ2v) is 11.5. The lowest BCUT2D eigenvalue weighted by Gasteiger charge is -2.30. The first-order chi connectivity index (χ1) is 18.5. The first-order valence-corrected chi connectivity index (χ1v) is 13.3. The number of fused-ring (bicyclic) bond motifs is 3. The van der Waals surface area contributed by atoms with Crippen LogP contribution in [0.25, 0.3) is 11.1 Å². The van der Waals surface area contributed by atoms with Crippen molar-refractivity contribution in [1.29, 1.82) is 0 Å². The fourth-order valence-electron chi connectivity index (χ4n) is 5.42. The number of nitrogens with one attached hydrogen (secondary N) is 1. The van der Waals surface area contributed by atoms with Crippen molar-refractivity contribution < 1.29 is 29.3 Å². The molecule has 2 aromatic rings. The Morgan fingerprint density at radius 1 is 1.05 bits per heavy atom. The molecule has 0 saturated carbocycles. The highest BCUT2D eigenvalue weighted by Gasteiger charge is 2.35. The van der Waals surface area contributed by atoms with Crippen LogP contribution in [0.1, 0.15) is 64.0 Å². The number of aliphatic carboxylic acids is 1. The molecular formula is C31H36N2O6. The molecule has 1 atom stereocenters. The minimum absolute atomic E-state index is 0.0213. The molecule has 206 valence electrons. The second kappa shape index (κ2) is 11.4. The van der Waals surface area contributed by atoms with Crippen LogP contribution >= 0.6 is 0 Å². The van der Waals surface area contributed by atoms with Gasteiger partial charge in [-0.1, -0.05) is 76.2 Å². The molecule has 0 bridgehead atoms. The predicted molar refractivity (Wildman–Crippen MR) is 149 cm³/mol. The van der Waals surface area contributed by atoms with Gasteiger partial charge < -0.3 is 20.3 Å². The molecule has 0 heterocycles. The third-order valence-corrected chi connectivity index (χ3v) is 7.14. The van der Waals surface area contributed by atoms with E-state index in [0.29, 0.717) is 18.6 Å². The van der Waals surface area contributed by atoms with Gasteiger partial charge in [-0.3, -0.25) is 9.79 Å². The number of nitrogens with zero attached hydrogens (tertiary/aromatic N) is 1. The number of carboxylic acids is 1. The molecule has 4 rings (SSSR count). The van der Waals surface area contributed by atoms with Crippen LogP contribution in [0.15, 0.2) is 64.9 Å². The maximum absolute atomic E-state index is 12.9. The average molecular weight is 533 g/mol. The van der Waals surface area contributed by atoms with E-state index in [0.717, 1.165) is 22.3 Å². The standard InChI is InChI=1S/C31H36N2O6/c1-18(2)13-24(28-26(34)14-31(3,4)15-27(28)35)32-16-25(29(36)37)33-30(38)39-17-23-21-11-7-5-9-19(21)20-10-6-8-12-22(20)23/h5-12,18,23,25,34H,13-17H2,1-4H3,(H,33,38)(H,36,37)/t25-/m1/s1. The van der Waals surface area contributed by atoms with E-state index < -0.39 is 18.1 Å². The van der Waals surface area contributed by atoms with Gasteiger partial charge in [-0.2, -0.15) is 0 Å². The van der Waals surface area contributed by atoms with E-state index in [2.05, 4.69) is 10.3 Å². The number of amides is 1. The summed E-state index contributed by atoms with van der Waals surface area (Å²) in [4.78, 5) is 42.0. The van der Waals surface area contributed by atoms with Crippen LogP contribution in [0.2, 0.25) is 0 Å². The maximum atomic E-state index is 12.9. The molecule has 1 amide bonds. The summed E-state index contributed by atoms with van der Waals surface area (Å²) in [6.45, 7) is 7.49. The molecule has 0 saturated heterocycles. The van der Waals surface area contributed by atoms with Gasteiger partial charge in [-0.25, -0.2) is 9.59 Å². The van der Waals surface area contributed by atoms with Gasteiger partial charge in [-0.15, -0.1) is 0 Å². The molecule has 0 fully saturated rings. The molecule has 3 N–H and O–H groups in total. The van der Waals surface area contributed by atoms with Crippen LogP contribution in [0.5, 0.6) is 0 Å². The zero-order chi connectivity index (χ0) is 28.3. The number of carbonyl (C=O) groups excluding carboxylic acids is 2. The Morgan fingerprint density at radius 2 is 1.64 bits per heavy atom. The minimum atomic E-state index is -1.36. The van der Waals surface area contributed by atoms with Crippen molar-refractivity contribution in [3.8, 4) is 11.1 Å². The summed E-state index contributed by atoms with van der Waals surface area (Å²) in [7, 11) is 0. The highest BCUT2D eigenvalue weighted by atomic mass is 16.5. The summed E-state index contributed by atoms with van der Waals surface area (Å²) in [6.07, 6.45) is 0.139. The van der Waals surface area contributed by atoms with Gasteiger partial charge in [-0.05, 0) is 40.0 Å². The van der Waals surface area contributed by atoms with Crippen LogP contribution in [0.3, 0.4) is 0 Å². The number of Topliss-reactive ketones (excluding diaryl/α,β-unsaturated/α-hetero) is 1. The van der Waals surface area contributed by atoms with Gasteiger partial charge in [0.1, 0.15) is 18.4 Å². The predicted octanol–water partition coefficient (Wildman–Crippen LogP) is 5.67. The lowest BCUT2D eigenvalue weighted by molar-refractivity contribution is -0.139. The number of allylic oxidation sites excluding steroid dienone is 2. The van der Waals surface area contributed by atoms with Crippen molar-refractivity contribution in [2.75, 3.05) is 13.2 Å². The van der Waals surface area contributed by atoms with Gasteiger partial charge in [0.25, 0.3) is 0 Å². The van der Waals surface area contributed by atoms with Gasteiger partial charge >= 0.3 is 12.1 Å². The molecule has 2 aromatic carbocycles. The third kappa shape index (κ3) is 6.38. The Kier molecular flexibility index (Phi) is 8.23. The van der Waals surface area contributed by atoms with E-state index in [1.807, 2.05) is 76.2 Å². The third-order valence-electron chi connectivity index (χ3n) is 7.14. The van der Waals surface area contributed by atoms with Gasteiger partial charge in [0.2, 0.25) is 0 Å². The average Bonchev–Trinajstić information content (AvgIpc) is 3.17. The molecule has 8 nitrogen and oxygen atoms in total. The van der Waals surface area contributed by atoms with E-state index in [1.54, 1.807) is 0 Å². The quantitative estimate of drug-likeness (QED) is 0.358. The number of hydrogen-bond acceptors (Lipinski definition) is 6. The number of rotatable bonds is 9. The molecule has 0 aromatic heterocycles. The topological polar surface area (TPSA) is 125 Å². The summed E-state index contributed by atoms with van der Waals surface area (Å²) in [5.41, 5.74) is 4.47. The highest BCUT2D eigenvalue weighted by Crippen LogP contribution is 2.44. The normalized spacial score (nSPS) is 17.6. The first kappa shape index (κ1) is 28.1. The van der Waals surface area contributed by atoms with E-state index >= 15 is 0 Å². The largest absolute Gasteiger partial charge is 0.511 e. The van der Waals surface area contributed by atoms with Crippen molar-refractivity contribution in [1.82, 2.24) is 5.32 Å². The van der Waals surface area contributed by atoms with E-state index in [1.165, 1.54) is 0 Å². The Labute approximate surface area is 228 Å². The van der Waals surface area contributed by atoms with Crippen LogP contribution in [-0.2, 0) is 14.3 Å². The number of aliphatic imine (C=N–C) groups is 1. The molecule has 0 radical (unpaired) electrons. The number of benzene rings is 2. The molecule has 8 heteroatoms. The SMILES string of the molecule is CC(C)CC(=NC[C@@H](NC(=O)OCC1c2ccccc2-c2ccccc21)C(=O)O)C1=C(O)CC(C)(C)CC1=O. The number of ketones is 1. The lowest BCUT2D eigenvalue weighted by Crippen LogP contribution is -2.43. The van der Waals surface area contributed by atoms with Crippen molar-refractivity contribution >= 4 is 23.6 Å². The van der Waals surface area contributed by atoms with Gasteiger partial charge in [0, 0.05) is 24.5 Å². The zero-order valence-corrected chi connectivity index (χ0v) is 22.9. The number of hydrogen-bond donors (Lipinski definition) is 3. The monoisotopic (exact) mass is 532 g/mol. The maximum Gasteiger partial charge on any atom is 0.407 e. The van der Waals surface area contributed by atoms with Crippen LogP contribution < -0.4 is 5.32 Å². The second-order valence-electron chi connectivity index (χ2n) is 11.5. The number of alkyl carbamates (subject to hydrolysis) is 1. The number of carboxylic acid groups (broad SMARTS) is 1. The Hall–Kier alpha value is -3.94. The van der Waals surface area contributed by atoms with Crippen molar-refractivity contribution in [3.63, 3.8) is 0 Å². The van der Waals surface area contributed by atoms with Crippen molar-refractivity contribution in [2.24, 2.45) is 16.3 Å². The fraction of sp³-hybridized carbons (Fsp3) is 0.419. The Balaban J connectivity index is 1.46. The molecular weight excluding hydrogens is 496 g/mol. The summed E-state index contributed by atoms with van der Waals surface area (Å²) in [6, 6.07) is 14.5. The highest BCUT2D eigenvalue weighted by molar-refractivity contribution is 6.23. The zero-order valence-electron chi connectivity index (χ0n) is 22.9. The van der Waals surface area contributed by atoms with Crippen LogP contribution in [0, 0.1) is 11.3 Å². The van der Waals surface area contributed by atoms with Gasteiger partial charge in [0.15, 0.2) is 5.78 Å². The number of ether oxygens (including phenoxy) is 1. The minimum Gasteiger partial charge on any atom is -0.511 e. The summed E-state index contributed by atoms with van der Waals surface area (Å²) in [5, 5.41) is 22.8. The fourth-order valence-corrected chi connectivity index (χ4v) is 5.42. The number of carbonyl (C=O) groups is 3. The van der Waals surface area contributed by atoms with Crippen LogP contribution in [0.4, 0.5) is 4.79 Å². The molecule has 0 spiro atoms. The Bertz CT molecular complexity index is 1290. The molecule has 2 aliphatic carbocycles. The molecule has 39 heavy (non-hydrogen) atoms. The van der Waals surface area contributed by atoms with Crippen molar-refractivity contribution in [3.05, 3.63) is 71.0 Å². The Morgan fingerprint density at radius 3 is 2.18 bits per heavy atom. The van der Waals surface area contributed by atoms with Crippen LogP contribution in [-0.4, -0.2) is 53.0 Å². The smallest absolute Gasteiger partial charge is 0.407 e. The summed E-state index contributed by atoms with van der Waals surface area (Å²) in [5.74, 6) is -1.54. The number of aliphatic hydroxyl groups is 1. The molecule has 2 aliphatic rings. The van der Waals surface area contributed by atoms with E-state index in [-0.39, 0.29) is 53.9 Å².